The smallest absolute Gasteiger partial charge is 0.264 e. The largest absolute Gasteiger partial charge is 0.457 e. The van der Waals surface area contributed by atoms with Gasteiger partial charge in [-0.1, -0.05) is 78.9 Å². The highest BCUT2D eigenvalue weighted by atomic mass is 32.2. The summed E-state index contributed by atoms with van der Waals surface area (Å²) in [6.45, 7) is 1.34. The fourth-order valence-electron chi connectivity index (χ4n) is 4.55. The summed E-state index contributed by atoms with van der Waals surface area (Å²) in [6.07, 6.45) is 0. The molecule has 5 aromatic carbocycles. The topological polar surface area (TPSA) is 105 Å². The molecule has 0 spiro atoms. The van der Waals surface area contributed by atoms with E-state index in [9.17, 15) is 18.0 Å². The van der Waals surface area contributed by atoms with Gasteiger partial charge in [0.25, 0.3) is 15.9 Å². The minimum Gasteiger partial charge on any atom is -0.457 e. The van der Waals surface area contributed by atoms with E-state index in [1.165, 1.54) is 12.1 Å². The Morgan fingerprint density at radius 1 is 0.705 bits per heavy atom. The fraction of sp³-hybridized carbons (Fsp3) is 0.0857. The molecular formula is C35H31N3O5S. The number of rotatable bonds is 11. The van der Waals surface area contributed by atoms with Crippen molar-refractivity contribution in [1.82, 2.24) is 5.32 Å². The molecule has 0 radical (unpaired) electrons. The van der Waals surface area contributed by atoms with Gasteiger partial charge in [0.05, 0.1) is 27.9 Å². The highest BCUT2D eigenvalue weighted by Gasteiger charge is 2.28. The summed E-state index contributed by atoms with van der Waals surface area (Å²) in [5, 5.41) is 5.69. The van der Waals surface area contributed by atoms with E-state index in [0.717, 1.165) is 9.87 Å². The molecule has 0 fully saturated rings. The van der Waals surface area contributed by atoms with Gasteiger partial charge in [-0.15, -0.1) is 0 Å². The van der Waals surface area contributed by atoms with Crippen LogP contribution >= 0.6 is 0 Å². The molecule has 2 N–H and O–H groups in total. The number of amides is 2. The van der Waals surface area contributed by atoms with Crippen LogP contribution < -0.4 is 19.7 Å². The predicted octanol–water partition coefficient (Wildman–Crippen LogP) is 6.80. The number of anilines is 2. The molecule has 0 saturated carbocycles. The third-order valence-corrected chi connectivity index (χ3v) is 8.60. The standard InChI is InChI=1S/C35H31N3O5S/c1-26(27-13-5-2-6-14-27)36-35(40)32-19-11-12-20-33(32)37-34(39)25-38(44(41,42)31-17-9-4-10-18-31)28-21-23-30(24-22-28)43-29-15-7-3-8-16-29/h2-24,26H,25H2,1H3,(H,36,40)(H,37,39)/t26-/m1/s1. The molecular weight excluding hydrogens is 574 g/mol. The molecule has 0 aliphatic rings. The van der Waals surface area contributed by atoms with Crippen LogP contribution in [-0.4, -0.2) is 26.8 Å². The van der Waals surface area contributed by atoms with Crippen molar-refractivity contribution in [2.75, 3.05) is 16.2 Å². The fourth-order valence-corrected chi connectivity index (χ4v) is 5.99. The molecule has 0 bridgehead atoms. The van der Waals surface area contributed by atoms with E-state index in [2.05, 4.69) is 10.6 Å². The Kier molecular flexibility index (Phi) is 9.37. The second kappa shape index (κ2) is 13.7. The Morgan fingerprint density at radius 3 is 1.91 bits per heavy atom. The van der Waals surface area contributed by atoms with Crippen LogP contribution in [0.25, 0.3) is 0 Å². The number of sulfonamides is 1. The lowest BCUT2D eigenvalue weighted by atomic mass is 10.1. The number of nitrogens with one attached hydrogen (secondary N) is 2. The van der Waals surface area contributed by atoms with Gasteiger partial charge in [0, 0.05) is 0 Å². The lowest BCUT2D eigenvalue weighted by molar-refractivity contribution is -0.114. The van der Waals surface area contributed by atoms with Gasteiger partial charge in [-0.3, -0.25) is 13.9 Å². The molecule has 222 valence electrons. The van der Waals surface area contributed by atoms with Gasteiger partial charge in [0.2, 0.25) is 5.91 Å². The summed E-state index contributed by atoms with van der Waals surface area (Å²) in [5.74, 6) is 0.144. The molecule has 2 amide bonds. The van der Waals surface area contributed by atoms with E-state index in [1.807, 2.05) is 67.6 Å². The minimum atomic E-state index is -4.13. The molecule has 8 nitrogen and oxygen atoms in total. The molecule has 0 heterocycles. The minimum absolute atomic E-state index is 0.0343. The first-order chi connectivity index (χ1) is 21.3. The van der Waals surface area contributed by atoms with Crippen LogP contribution in [0.3, 0.4) is 0 Å². The summed E-state index contributed by atoms with van der Waals surface area (Å²) in [5.41, 5.74) is 1.72. The first-order valence-electron chi connectivity index (χ1n) is 14.0. The van der Waals surface area contributed by atoms with Crippen molar-refractivity contribution in [2.45, 2.75) is 17.9 Å². The molecule has 0 unspecified atom stereocenters. The third kappa shape index (κ3) is 7.32. The third-order valence-electron chi connectivity index (χ3n) is 6.81. The Morgan fingerprint density at radius 2 is 1.25 bits per heavy atom. The SMILES string of the molecule is C[C@@H](NC(=O)c1ccccc1NC(=O)CN(c1ccc(Oc2ccccc2)cc1)S(=O)(=O)c1ccccc1)c1ccccc1. The molecule has 5 aromatic rings. The van der Waals surface area contributed by atoms with Crippen LogP contribution in [0.4, 0.5) is 11.4 Å². The van der Waals surface area contributed by atoms with Gasteiger partial charge < -0.3 is 15.4 Å². The second-order valence-electron chi connectivity index (χ2n) is 9.93. The zero-order valence-electron chi connectivity index (χ0n) is 24.0. The monoisotopic (exact) mass is 605 g/mol. The van der Waals surface area contributed by atoms with Gasteiger partial charge in [-0.25, -0.2) is 8.42 Å². The molecule has 0 aromatic heterocycles. The molecule has 0 aliphatic heterocycles. The second-order valence-corrected chi connectivity index (χ2v) is 11.8. The molecule has 0 aliphatic carbocycles. The number of hydrogen-bond donors (Lipinski definition) is 2. The number of benzene rings is 5. The Hall–Kier alpha value is -5.41. The maximum Gasteiger partial charge on any atom is 0.264 e. The first-order valence-corrected chi connectivity index (χ1v) is 15.4. The number of carbonyl (C=O) groups is 2. The number of hydrogen-bond acceptors (Lipinski definition) is 5. The number of para-hydroxylation sites is 2. The summed E-state index contributed by atoms with van der Waals surface area (Å²) >= 11 is 0. The molecule has 0 saturated heterocycles. The molecule has 9 heteroatoms. The van der Waals surface area contributed by atoms with Crippen molar-refractivity contribution < 1.29 is 22.7 Å². The highest BCUT2D eigenvalue weighted by Crippen LogP contribution is 2.28. The van der Waals surface area contributed by atoms with Crippen LogP contribution in [0.2, 0.25) is 0 Å². The number of nitrogens with zero attached hydrogens (tertiary/aromatic N) is 1. The average molecular weight is 606 g/mol. The van der Waals surface area contributed by atoms with Gasteiger partial charge in [-0.05, 0) is 73.2 Å². The van der Waals surface area contributed by atoms with Crippen LogP contribution in [0.15, 0.2) is 144 Å². The highest BCUT2D eigenvalue weighted by molar-refractivity contribution is 7.92. The quantitative estimate of drug-likeness (QED) is 0.172. The number of ether oxygens (including phenoxy) is 1. The van der Waals surface area contributed by atoms with Gasteiger partial charge >= 0.3 is 0 Å². The average Bonchev–Trinajstić information content (AvgIpc) is 3.05. The summed E-state index contributed by atoms with van der Waals surface area (Å²) in [7, 11) is -4.13. The van der Waals surface area contributed by atoms with Crippen molar-refractivity contribution in [1.29, 1.82) is 0 Å². The molecule has 44 heavy (non-hydrogen) atoms. The van der Waals surface area contributed by atoms with Crippen molar-refractivity contribution in [3.8, 4) is 11.5 Å². The predicted molar refractivity (Wildman–Crippen MR) is 171 cm³/mol. The Bertz CT molecular complexity index is 1820. The molecule has 1 atom stereocenters. The van der Waals surface area contributed by atoms with Crippen molar-refractivity contribution in [3.05, 3.63) is 151 Å². The van der Waals surface area contributed by atoms with Gasteiger partial charge in [-0.2, -0.15) is 0 Å². The maximum absolute atomic E-state index is 13.8. The van der Waals surface area contributed by atoms with Crippen molar-refractivity contribution in [3.63, 3.8) is 0 Å². The summed E-state index contributed by atoms with van der Waals surface area (Å²) in [6, 6.07) is 39.4. The zero-order chi connectivity index (χ0) is 30.9. The summed E-state index contributed by atoms with van der Waals surface area (Å²) < 4.78 is 34.4. The van der Waals surface area contributed by atoms with Crippen LogP contribution in [-0.2, 0) is 14.8 Å². The van der Waals surface area contributed by atoms with E-state index in [1.54, 1.807) is 66.7 Å². The lowest BCUT2D eigenvalue weighted by Gasteiger charge is -2.24. The van der Waals surface area contributed by atoms with Gasteiger partial charge in [0.15, 0.2) is 0 Å². The van der Waals surface area contributed by atoms with Crippen molar-refractivity contribution in [2.24, 2.45) is 0 Å². The first kappa shape index (κ1) is 30.1. The van der Waals surface area contributed by atoms with E-state index < -0.39 is 22.5 Å². The zero-order valence-corrected chi connectivity index (χ0v) is 24.8. The van der Waals surface area contributed by atoms with E-state index in [-0.39, 0.29) is 33.8 Å². The number of carbonyl (C=O) groups excluding carboxylic acids is 2. The van der Waals surface area contributed by atoms with E-state index >= 15 is 0 Å². The maximum atomic E-state index is 13.8. The normalized spacial score (nSPS) is 11.7. The lowest BCUT2D eigenvalue weighted by Crippen LogP contribution is -2.38. The van der Waals surface area contributed by atoms with Crippen LogP contribution in [0.5, 0.6) is 11.5 Å². The van der Waals surface area contributed by atoms with Crippen LogP contribution in [0, 0.1) is 0 Å². The van der Waals surface area contributed by atoms with E-state index in [0.29, 0.717) is 11.5 Å². The Balaban J connectivity index is 1.37. The Labute approximate surface area is 257 Å². The molecule has 5 rings (SSSR count). The van der Waals surface area contributed by atoms with E-state index in [4.69, 9.17) is 4.74 Å². The van der Waals surface area contributed by atoms with Gasteiger partial charge in [0.1, 0.15) is 18.0 Å². The van der Waals surface area contributed by atoms with Crippen molar-refractivity contribution >= 4 is 33.2 Å². The van der Waals surface area contributed by atoms with Crippen LogP contribution in [0.1, 0.15) is 28.9 Å². The summed E-state index contributed by atoms with van der Waals surface area (Å²) in [4.78, 5) is 26.7.